The van der Waals surface area contributed by atoms with E-state index in [9.17, 15) is 14.0 Å². The quantitative estimate of drug-likeness (QED) is 0.772. The molecule has 0 aromatic heterocycles. The van der Waals surface area contributed by atoms with Crippen LogP contribution in [-0.2, 0) is 16.1 Å². The maximum absolute atomic E-state index is 14.9. The Labute approximate surface area is 141 Å². The number of hydrogen-bond donors (Lipinski definition) is 2. The number of nitrogens with zero attached hydrogens (tertiary/aromatic N) is 1. The molecule has 0 radical (unpaired) electrons. The molecule has 2 N–H and O–H groups in total. The number of methoxy groups -OCH3 is 1. The lowest BCUT2D eigenvalue weighted by atomic mass is 9.94. The Morgan fingerprint density at radius 1 is 1.29 bits per heavy atom. The van der Waals surface area contributed by atoms with Crippen LogP contribution in [0.15, 0.2) is 30.3 Å². The second kappa shape index (κ2) is 8.63. The number of carbonyl (C=O) groups is 2. The van der Waals surface area contributed by atoms with Gasteiger partial charge in [0, 0.05) is 26.7 Å². The maximum Gasteiger partial charge on any atom is 0.317 e. The zero-order valence-corrected chi connectivity index (χ0v) is 13.9. The van der Waals surface area contributed by atoms with Gasteiger partial charge in [-0.05, 0) is 18.4 Å². The molecule has 1 fully saturated rings. The molecule has 24 heavy (non-hydrogen) atoms. The molecule has 0 bridgehead atoms. The van der Waals surface area contributed by atoms with E-state index in [-0.39, 0.29) is 25.5 Å². The number of urea groups is 1. The van der Waals surface area contributed by atoms with Crippen molar-refractivity contribution in [3.63, 3.8) is 0 Å². The predicted molar refractivity (Wildman–Crippen MR) is 88.2 cm³/mol. The lowest BCUT2D eigenvalue weighted by Crippen LogP contribution is -2.57. The highest BCUT2D eigenvalue weighted by Gasteiger charge is 2.43. The summed E-state index contributed by atoms with van der Waals surface area (Å²) in [6.07, 6.45) is 0.571. The largest absolute Gasteiger partial charge is 0.383 e. The Balaban J connectivity index is 1.86. The van der Waals surface area contributed by atoms with E-state index in [0.29, 0.717) is 26.1 Å². The van der Waals surface area contributed by atoms with Crippen molar-refractivity contribution >= 4 is 11.9 Å². The number of rotatable bonds is 6. The first-order chi connectivity index (χ1) is 11.5. The third-order valence-corrected chi connectivity index (χ3v) is 4.02. The molecule has 0 spiro atoms. The summed E-state index contributed by atoms with van der Waals surface area (Å²) in [7, 11) is 1.51. The zero-order chi connectivity index (χ0) is 17.4. The van der Waals surface area contributed by atoms with E-state index in [1.165, 1.54) is 12.0 Å². The first-order valence-electron chi connectivity index (χ1n) is 8.08. The lowest BCUT2D eigenvalue weighted by Gasteiger charge is -2.36. The Hall–Kier alpha value is -2.15. The van der Waals surface area contributed by atoms with Crippen molar-refractivity contribution in [2.75, 3.05) is 33.4 Å². The van der Waals surface area contributed by atoms with Crippen molar-refractivity contribution in [1.29, 1.82) is 0 Å². The predicted octanol–water partition coefficient (Wildman–Crippen LogP) is 1.46. The molecule has 3 amide bonds. The minimum absolute atomic E-state index is 0.119. The second-order valence-electron chi connectivity index (χ2n) is 5.88. The molecule has 1 atom stereocenters. The topological polar surface area (TPSA) is 70.7 Å². The Kier molecular flexibility index (Phi) is 6.54. The number of nitrogens with one attached hydrogen (secondary N) is 2. The highest BCUT2D eigenvalue weighted by atomic mass is 19.1. The number of hydrogen-bond acceptors (Lipinski definition) is 3. The highest BCUT2D eigenvalue weighted by Crippen LogP contribution is 2.25. The van der Waals surface area contributed by atoms with Crippen LogP contribution in [0.25, 0.3) is 0 Å². The molecule has 132 valence electrons. The van der Waals surface area contributed by atoms with Crippen LogP contribution in [0.5, 0.6) is 0 Å². The molecule has 1 aliphatic heterocycles. The molecule has 0 aliphatic carbocycles. The summed E-state index contributed by atoms with van der Waals surface area (Å²) < 4.78 is 19.7. The molecular weight excluding hydrogens is 313 g/mol. The van der Waals surface area contributed by atoms with Crippen LogP contribution in [0, 0.1) is 0 Å². The van der Waals surface area contributed by atoms with Crippen molar-refractivity contribution in [3.05, 3.63) is 35.9 Å². The minimum atomic E-state index is -2.05. The lowest BCUT2D eigenvalue weighted by molar-refractivity contribution is -0.136. The SMILES string of the molecule is COCCNC(=O)C1(F)CCCN(C(=O)NCc2ccccc2)C1. The molecule has 0 saturated carbocycles. The van der Waals surface area contributed by atoms with Crippen molar-refractivity contribution in [2.24, 2.45) is 0 Å². The van der Waals surface area contributed by atoms with E-state index in [1.807, 2.05) is 30.3 Å². The number of carbonyl (C=O) groups excluding carboxylic acids is 2. The second-order valence-corrected chi connectivity index (χ2v) is 5.88. The maximum atomic E-state index is 14.9. The average molecular weight is 337 g/mol. The van der Waals surface area contributed by atoms with Gasteiger partial charge in [0.2, 0.25) is 5.67 Å². The van der Waals surface area contributed by atoms with E-state index in [1.54, 1.807) is 0 Å². The third-order valence-electron chi connectivity index (χ3n) is 4.02. The highest BCUT2D eigenvalue weighted by molar-refractivity contribution is 5.86. The van der Waals surface area contributed by atoms with Gasteiger partial charge in [-0.25, -0.2) is 9.18 Å². The summed E-state index contributed by atoms with van der Waals surface area (Å²) in [5, 5.41) is 5.28. The summed E-state index contributed by atoms with van der Waals surface area (Å²) in [5.41, 5.74) is -1.08. The summed E-state index contributed by atoms with van der Waals surface area (Å²) >= 11 is 0. The molecule has 1 aromatic carbocycles. The number of ether oxygens (including phenoxy) is 1. The van der Waals surface area contributed by atoms with Gasteiger partial charge in [-0.3, -0.25) is 4.79 Å². The standard InChI is InChI=1S/C17H24FN3O3/c1-24-11-9-19-15(22)17(18)8-5-10-21(13-17)16(23)20-12-14-6-3-2-4-7-14/h2-4,6-7H,5,8-13H2,1H3,(H,19,22)(H,20,23). The number of likely N-dealkylation sites (tertiary alicyclic amines) is 1. The minimum Gasteiger partial charge on any atom is -0.383 e. The van der Waals surface area contributed by atoms with Crippen LogP contribution < -0.4 is 10.6 Å². The summed E-state index contributed by atoms with van der Waals surface area (Å²) in [4.78, 5) is 25.6. The van der Waals surface area contributed by atoms with E-state index >= 15 is 0 Å². The molecule has 6 nitrogen and oxygen atoms in total. The van der Waals surface area contributed by atoms with E-state index in [0.717, 1.165) is 5.56 Å². The Morgan fingerprint density at radius 3 is 2.75 bits per heavy atom. The van der Waals surface area contributed by atoms with Crippen molar-refractivity contribution in [1.82, 2.24) is 15.5 Å². The van der Waals surface area contributed by atoms with Gasteiger partial charge in [0.1, 0.15) is 0 Å². The fraction of sp³-hybridized carbons (Fsp3) is 0.529. The first kappa shape index (κ1) is 18.2. The number of piperidine rings is 1. The van der Waals surface area contributed by atoms with Crippen LogP contribution in [0.1, 0.15) is 18.4 Å². The summed E-state index contributed by atoms with van der Waals surface area (Å²) in [6, 6.07) is 9.12. The molecular formula is C17H24FN3O3. The van der Waals surface area contributed by atoms with Gasteiger partial charge in [-0.15, -0.1) is 0 Å². The number of halogens is 1. The fourth-order valence-corrected chi connectivity index (χ4v) is 2.68. The fourth-order valence-electron chi connectivity index (χ4n) is 2.68. The van der Waals surface area contributed by atoms with Crippen LogP contribution >= 0.6 is 0 Å². The van der Waals surface area contributed by atoms with Gasteiger partial charge in [0.25, 0.3) is 5.91 Å². The average Bonchev–Trinajstić information content (AvgIpc) is 2.60. The van der Waals surface area contributed by atoms with Crippen LogP contribution in [-0.4, -0.2) is 55.9 Å². The molecule has 7 heteroatoms. The van der Waals surface area contributed by atoms with E-state index < -0.39 is 11.6 Å². The molecule has 1 saturated heterocycles. The first-order valence-corrected chi connectivity index (χ1v) is 8.08. The Bertz CT molecular complexity index is 555. The Morgan fingerprint density at radius 2 is 2.04 bits per heavy atom. The monoisotopic (exact) mass is 337 g/mol. The van der Waals surface area contributed by atoms with Gasteiger partial charge in [-0.2, -0.15) is 0 Å². The van der Waals surface area contributed by atoms with E-state index in [2.05, 4.69) is 10.6 Å². The molecule has 1 aliphatic rings. The number of alkyl halides is 1. The van der Waals surface area contributed by atoms with Crippen molar-refractivity contribution in [2.45, 2.75) is 25.1 Å². The van der Waals surface area contributed by atoms with Gasteiger partial charge < -0.3 is 20.3 Å². The van der Waals surface area contributed by atoms with E-state index in [4.69, 9.17) is 4.74 Å². The third kappa shape index (κ3) is 4.92. The van der Waals surface area contributed by atoms with Gasteiger partial charge >= 0.3 is 6.03 Å². The molecule has 1 aromatic rings. The number of amides is 3. The van der Waals surface area contributed by atoms with Crippen molar-refractivity contribution < 1.29 is 18.7 Å². The molecule has 1 unspecified atom stereocenters. The van der Waals surface area contributed by atoms with Crippen molar-refractivity contribution in [3.8, 4) is 0 Å². The van der Waals surface area contributed by atoms with Crippen LogP contribution in [0.4, 0.5) is 9.18 Å². The van der Waals surface area contributed by atoms with Crippen LogP contribution in [0.2, 0.25) is 0 Å². The molecule has 1 heterocycles. The summed E-state index contributed by atoms with van der Waals surface area (Å²) in [6.45, 7) is 1.16. The van der Waals surface area contributed by atoms with Gasteiger partial charge in [-0.1, -0.05) is 30.3 Å². The van der Waals surface area contributed by atoms with Gasteiger partial charge in [0.15, 0.2) is 0 Å². The normalized spacial score (nSPS) is 20.5. The number of benzene rings is 1. The zero-order valence-electron chi connectivity index (χ0n) is 13.9. The van der Waals surface area contributed by atoms with Gasteiger partial charge in [0.05, 0.1) is 13.2 Å². The molecule has 2 rings (SSSR count). The summed E-state index contributed by atoms with van der Waals surface area (Å²) in [5.74, 6) is -0.680. The smallest absolute Gasteiger partial charge is 0.317 e. The van der Waals surface area contributed by atoms with Crippen LogP contribution in [0.3, 0.4) is 0 Å².